The van der Waals surface area contributed by atoms with Crippen LogP contribution >= 0.6 is 11.6 Å². The van der Waals surface area contributed by atoms with E-state index in [1.54, 1.807) is 7.11 Å². The average molecular weight is 332 g/mol. The van der Waals surface area contributed by atoms with Crippen LogP contribution in [0.5, 0.6) is 0 Å². The molecule has 4 nitrogen and oxygen atoms in total. The van der Waals surface area contributed by atoms with Crippen LogP contribution in [0.3, 0.4) is 0 Å². The summed E-state index contributed by atoms with van der Waals surface area (Å²) in [6.07, 6.45) is 4.51. The SMILES string of the molecule is COCC=CCc1c(C)[nH]c(C(=O)C(=O)Cl)c1-c1ccccc1. The van der Waals surface area contributed by atoms with E-state index in [4.69, 9.17) is 16.3 Å². The summed E-state index contributed by atoms with van der Waals surface area (Å²) in [6, 6.07) is 9.48. The van der Waals surface area contributed by atoms with Gasteiger partial charge >= 0.3 is 0 Å². The van der Waals surface area contributed by atoms with Crippen molar-refractivity contribution in [1.82, 2.24) is 4.98 Å². The number of nitrogens with one attached hydrogen (secondary N) is 1. The Morgan fingerprint density at radius 2 is 1.91 bits per heavy atom. The van der Waals surface area contributed by atoms with Crippen LogP contribution in [0.15, 0.2) is 42.5 Å². The van der Waals surface area contributed by atoms with Crippen LogP contribution < -0.4 is 0 Å². The molecule has 0 amide bonds. The maximum Gasteiger partial charge on any atom is 0.294 e. The van der Waals surface area contributed by atoms with Crippen LogP contribution in [0.25, 0.3) is 11.1 Å². The van der Waals surface area contributed by atoms with Gasteiger partial charge in [0.1, 0.15) is 0 Å². The Labute approximate surface area is 140 Å². The van der Waals surface area contributed by atoms with Gasteiger partial charge in [-0.25, -0.2) is 0 Å². The molecule has 0 saturated carbocycles. The van der Waals surface area contributed by atoms with Gasteiger partial charge in [-0.2, -0.15) is 0 Å². The summed E-state index contributed by atoms with van der Waals surface area (Å²) in [5.74, 6) is -0.722. The van der Waals surface area contributed by atoms with E-state index in [-0.39, 0.29) is 5.69 Å². The fourth-order valence-corrected chi connectivity index (χ4v) is 2.57. The fraction of sp³-hybridized carbons (Fsp3) is 0.222. The first-order valence-electron chi connectivity index (χ1n) is 7.21. The number of halogens is 1. The molecule has 0 aliphatic carbocycles. The normalized spacial score (nSPS) is 11.1. The van der Waals surface area contributed by atoms with Crippen LogP contribution in [-0.2, 0) is 16.0 Å². The smallest absolute Gasteiger partial charge is 0.294 e. The van der Waals surface area contributed by atoms with Crippen molar-refractivity contribution in [2.24, 2.45) is 0 Å². The van der Waals surface area contributed by atoms with Crippen molar-refractivity contribution in [2.75, 3.05) is 13.7 Å². The summed E-state index contributed by atoms with van der Waals surface area (Å²) in [4.78, 5) is 26.5. The number of carbonyl (C=O) groups excluding carboxylic acids is 2. The third kappa shape index (κ3) is 3.97. The van der Waals surface area contributed by atoms with Gasteiger partial charge in [0.2, 0.25) is 0 Å². The topological polar surface area (TPSA) is 59.2 Å². The summed E-state index contributed by atoms with van der Waals surface area (Å²) in [5.41, 5.74) is 3.64. The number of aromatic nitrogens is 1. The lowest BCUT2D eigenvalue weighted by molar-refractivity contribution is -0.108. The van der Waals surface area contributed by atoms with Gasteiger partial charge in [0.25, 0.3) is 11.0 Å². The zero-order valence-electron chi connectivity index (χ0n) is 13.1. The van der Waals surface area contributed by atoms with Crippen LogP contribution in [0.1, 0.15) is 21.7 Å². The molecule has 2 rings (SSSR count). The van der Waals surface area contributed by atoms with E-state index >= 15 is 0 Å². The Morgan fingerprint density at radius 1 is 1.22 bits per heavy atom. The van der Waals surface area contributed by atoms with Crippen LogP contribution in [0.4, 0.5) is 0 Å². The molecule has 0 aliphatic heterocycles. The molecule has 0 aliphatic rings. The number of ketones is 1. The molecule has 0 radical (unpaired) electrons. The quantitative estimate of drug-likeness (QED) is 0.364. The number of Topliss-reactive ketones (excluding diaryl/α,β-unsaturated/α-hetero) is 1. The van der Waals surface area contributed by atoms with Gasteiger partial charge in [0.15, 0.2) is 0 Å². The van der Waals surface area contributed by atoms with E-state index in [0.717, 1.165) is 22.4 Å². The maximum atomic E-state index is 12.1. The summed E-state index contributed by atoms with van der Waals surface area (Å²) in [6.45, 7) is 2.40. The minimum Gasteiger partial charge on any atom is -0.381 e. The standard InChI is InChI=1S/C18H18ClNO3/c1-12-14(10-6-7-11-23-2)15(13-8-4-3-5-9-13)16(20-12)17(21)18(19)22/h3-9,20H,10-11H2,1-2H3. The first-order chi connectivity index (χ1) is 11.1. The molecule has 2 aromatic rings. The number of hydrogen-bond donors (Lipinski definition) is 1. The van der Waals surface area contributed by atoms with E-state index in [1.807, 2.05) is 49.4 Å². The highest BCUT2D eigenvalue weighted by Gasteiger charge is 2.24. The Bertz CT molecular complexity index is 732. The highest BCUT2D eigenvalue weighted by Crippen LogP contribution is 2.31. The lowest BCUT2D eigenvalue weighted by atomic mass is 9.97. The van der Waals surface area contributed by atoms with Crippen molar-refractivity contribution in [1.29, 1.82) is 0 Å². The Kier molecular flexibility index (Phi) is 5.90. The molecule has 1 heterocycles. The molecule has 5 heteroatoms. The van der Waals surface area contributed by atoms with E-state index in [0.29, 0.717) is 13.0 Å². The molecule has 1 aromatic carbocycles. The van der Waals surface area contributed by atoms with Crippen molar-refractivity contribution in [3.63, 3.8) is 0 Å². The second-order valence-electron chi connectivity index (χ2n) is 5.08. The lowest BCUT2D eigenvalue weighted by Crippen LogP contribution is -2.09. The minimum absolute atomic E-state index is 0.240. The molecule has 0 fully saturated rings. The van der Waals surface area contributed by atoms with Crippen molar-refractivity contribution in [2.45, 2.75) is 13.3 Å². The van der Waals surface area contributed by atoms with Gasteiger partial charge in [0.05, 0.1) is 12.3 Å². The monoisotopic (exact) mass is 331 g/mol. The van der Waals surface area contributed by atoms with Crippen molar-refractivity contribution in [3.8, 4) is 11.1 Å². The minimum atomic E-state index is -0.995. The molecule has 0 unspecified atom stereocenters. The average Bonchev–Trinajstić information content (AvgIpc) is 2.88. The number of rotatable bonds is 7. The predicted octanol–water partition coefficient (Wildman–Crippen LogP) is 3.68. The highest BCUT2D eigenvalue weighted by molar-refractivity contribution is 6.83. The maximum absolute atomic E-state index is 12.1. The second-order valence-corrected chi connectivity index (χ2v) is 5.42. The summed E-state index contributed by atoms with van der Waals surface area (Å²) >= 11 is 5.39. The number of benzene rings is 1. The molecule has 0 spiro atoms. The Hall–Kier alpha value is -2.17. The van der Waals surface area contributed by atoms with E-state index < -0.39 is 11.0 Å². The van der Waals surface area contributed by atoms with Crippen LogP contribution in [-0.4, -0.2) is 29.7 Å². The molecular weight excluding hydrogens is 314 g/mol. The van der Waals surface area contributed by atoms with Crippen molar-refractivity contribution in [3.05, 3.63) is 59.4 Å². The number of aromatic amines is 1. The van der Waals surface area contributed by atoms with Crippen molar-refractivity contribution >= 4 is 22.6 Å². The lowest BCUT2D eigenvalue weighted by Gasteiger charge is -2.06. The molecule has 120 valence electrons. The molecule has 0 saturated heterocycles. The number of allylic oxidation sites excluding steroid dienone is 1. The summed E-state index contributed by atoms with van der Waals surface area (Å²) < 4.78 is 4.99. The van der Waals surface area contributed by atoms with Gasteiger partial charge in [-0.3, -0.25) is 9.59 Å². The van der Waals surface area contributed by atoms with E-state index in [2.05, 4.69) is 4.98 Å². The van der Waals surface area contributed by atoms with Gasteiger partial charge in [0, 0.05) is 18.4 Å². The number of hydrogen-bond acceptors (Lipinski definition) is 3. The van der Waals surface area contributed by atoms with E-state index in [1.165, 1.54) is 0 Å². The van der Waals surface area contributed by atoms with E-state index in [9.17, 15) is 9.59 Å². The zero-order chi connectivity index (χ0) is 16.8. The molecule has 1 N–H and O–H groups in total. The summed E-state index contributed by atoms with van der Waals surface area (Å²) in [5, 5.41) is -0.995. The zero-order valence-corrected chi connectivity index (χ0v) is 13.8. The molecule has 0 bridgehead atoms. The number of ether oxygens (including phenoxy) is 1. The second kappa shape index (κ2) is 7.90. The predicted molar refractivity (Wildman–Crippen MR) is 90.9 cm³/mol. The van der Waals surface area contributed by atoms with Crippen molar-refractivity contribution < 1.29 is 14.3 Å². The number of methoxy groups -OCH3 is 1. The molecule has 0 atom stereocenters. The third-order valence-electron chi connectivity index (χ3n) is 3.54. The summed E-state index contributed by atoms with van der Waals surface area (Å²) in [7, 11) is 1.63. The fourth-order valence-electron chi connectivity index (χ4n) is 2.48. The van der Waals surface area contributed by atoms with Gasteiger partial charge in [-0.15, -0.1) is 0 Å². The highest BCUT2D eigenvalue weighted by atomic mass is 35.5. The number of H-pyrrole nitrogens is 1. The number of carbonyl (C=O) groups is 2. The van der Waals surface area contributed by atoms with Crippen LogP contribution in [0, 0.1) is 6.92 Å². The third-order valence-corrected chi connectivity index (χ3v) is 3.71. The number of aryl methyl sites for hydroxylation is 1. The van der Waals surface area contributed by atoms with Gasteiger partial charge in [-0.05, 0) is 36.1 Å². The molecule has 1 aromatic heterocycles. The first-order valence-corrected chi connectivity index (χ1v) is 7.59. The molecular formula is C18H18ClNO3. The Balaban J connectivity index is 2.53. The largest absolute Gasteiger partial charge is 0.381 e. The first kappa shape index (κ1) is 17.2. The molecule has 23 heavy (non-hydrogen) atoms. The van der Waals surface area contributed by atoms with Gasteiger partial charge < -0.3 is 9.72 Å². The van der Waals surface area contributed by atoms with Crippen LogP contribution in [0.2, 0.25) is 0 Å². The Morgan fingerprint density at radius 3 is 2.52 bits per heavy atom. The van der Waals surface area contributed by atoms with Gasteiger partial charge in [-0.1, -0.05) is 42.5 Å².